The Balaban J connectivity index is 3.65. The molecule has 0 amide bonds. The van der Waals surface area contributed by atoms with Gasteiger partial charge in [0.1, 0.15) is 12.6 Å². The first-order valence-corrected chi connectivity index (χ1v) is 4.81. The summed E-state index contributed by atoms with van der Waals surface area (Å²) in [7, 11) is 1.61. The van der Waals surface area contributed by atoms with E-state index >= 15 is 0 Å². The Kier molecular flexibility index (Phi) is 8.12. The molecule has 6 heteroatoms. The van der Waals surface area contributed by atoms with Crippen LogP contribution < -0.4 is 5.32 Å². The van der Waals surface area contributed by atoms with E-state index in [9.17, 15) is 13.6 Å². The molecule has 1 unspecified atom stereocenters. The normalized spacial score (nSPS) is 12.9. The number of hydrogen-bond donors (Lipinski definition) is 1. The molecule has 4 nitrogen and oxygen atoms in total. The molecule has 0 aromatic carbocycles. The lowest BCUT2D eigenvalue weighted by atomic mass is 10.2. The second-order valence-electron chi connectivity index (χ2n) is 2.85. The van der Waals surface area contributed by atoms with Crippen molar-refractivity contribution in [1.29, 1.82) is 0 Å². The van der Waals surface area contributed by atoms with Crippen LogP contribution in [0.2, 0.25) is 0 Å². The van der Waals surface area contributed by atoms with Gasteiger partial charge >= 0.3 is 5.97 Å². The molecular weight excluding hydrogens is 208 g/mol. The van der Waals surface area contributed by atoms with Crippen LogP contribution in [0.3, 0.4) is 0 Å². The van der Waals surface area contributed by atoms with Gasteiger partial charge < -0.3 is 14.8 Å². The standard InChI is InChI=1S/C9H17F2NO3/c1-3-15-9(13)7(12-2)4-5-14-6-8(10)11/h7-8,12H,3-6H2,1-2H3. The molecule has 0 spiro atoms. The number of carbonyl (C=O) groups is 1. The van der Waals surface area contributed by atoms with Crippen LogP contribution in [0.4, 0.5) is 8.78 Å². The zero-order chi connectivity index (χ0) is 11.7. The van der Waals surface area contributed by atoms with Crippen molar-refractivity contribution >= 4 is 5.97 Å². The van der Waals surface area contributed by atoms with Crippen LogP contribution in [0, 0.1) is 0 Å². The predicted octanol–water partition coefficient (Wildman–Crippen LogP) is 0.809. The Morgan fingerprint density at radius 3 is 2.60 bits per heavy atom. The smallest absolute Gasteiger partial charge is 0.323 e. The fourth-order valence-electron chi connectivity index (χ4n) is 0.996. The molecule has 0 fully saturated rings. The summed E-state index contributed by atoms with van der Waals surface area (Å²) >= 11 is 0. The molecule has 0 saturated carbocycles. The van der Waals surface area contributed by atoms with Gasteiger partial charge in [-0.3, -0.25) is 4.79 Å². The average molecular weight is 225 g/mol. The lowest BCUT2D eigenvalue weighted by Crippen LogP contribution is -2.36. The van der Waals surface area contributed by atoms with E-state index in [-0.39, 0.29) is 12.6 Å². The molecular formula is C9H17F2NO3. The third-order valence-corrected chi connectivity index (χ3v) is 1.71. The summed E-state index contributed by atoms with van der Waals surface area (Å²) in [6.07, 6.45) is -2.15. The summed E-state index contributed by atoms with van der Waals surface area (Å²) in [5.74, 6) is -0.388. The van der Waals surface area contributed by atoms with Crippen molar-refractivity contribution in [3.05, 3.63) is 0 Å². The van der Waals surface area contributed by atoms with E-state index in [1.807, 2.05) is 0 Å². The minimum atomic E-state index is -2.47. The Hall–Kier alpha value is -0.750. The zero-order valence-electron chi connectivity index (χ0n) is 8.96. The number of alkyl halides is 2. The van der Waals surface area contributed by atoms with Crippen LogP contribution in [-0.2, 0) is 14.3 Å². The van der Waals surface area contributed by atoms with Crippen molar-refractivity contribution in [3.63, 3.8) is 0 Å². The predicted molar refractivity (Wildman–Crippen MR) is 50.9 cm³/mol. The van der Waals surface area contributed by atoms with Crippen molar-refractivity contribution in [1.82, 2.24) is 5.32 Å². The summed E-state index contributed by atoms with van der Waals surface area (Å²) in [5.41, 5.74) is 0. The summed E-state index contributed by atoms with van der Waals surface area (Å²) in [6, 6.07) is -0.498. The molecule has 0 aromatic heterocycles. The van der Waals surface area contributed by atoms with E-state index in [0.717, 1.165) is 0 Å². The monoisotopic (exact) mass is 225 g/mol. The van der Waals surface area contributed by atoms with E-state index in [2.05, 4.69) is 10.1 Å². The maximum atomic E-state index is 11.7. The molecule has 90 valence electrons. The van der Waals surface area contributed by atoms with Gasteiger partial charge in [0.2, 0.25) is 0 Å². The second kappa shape index (κ2) is 8.55. The molecule has 0 rings (SSSR count). The average Bonchev–Trinajstić information content (AvgIpc) is 2.17. The second-order valence-corrected chi connectivity index (χ2v) is 2.85. The highest BCUT2D eigenvalue weighted by atomic mass is 19.3. The number of halogens is 2. The molecule has 1 N–H and O–H groups in total. The molecule has 0 heterocycles. The lowest BCUT2D eigenvalue weighted by Gasteiger charge is -2.14. The van der Waals surface area contributed by atoms with E-state index < -0.39 is 19.1 Å². The number of nitrogens with one attached hydrogen (secondary N) is 1. The van der Waals surface area contributed by atoms with Gasteiger partial charge in [-0.2, -0.15) is 0 Å². The molecule has 0 bridgehead atoms. The number of ether oxygens (including phenoxy) is 2. The van der Waals surface area contributed by atoms with Gasteiger partial charge in [-0.25, -0.2) is 8.78 Å². The maximum Gasteiger partial charge on any atom is 0.323 e. The Labute approximate surface area is 87.9 Å². The third-order valence-electron chi connectivity index (χ3n) is 1.71. The highest BCUT2D eigenvalue weighted by molar-refractivity contribution is 5.75. The van der Waals surface area contributed by atoms with Gasteiger partial charge in [-0.1, -0.05) is 0 Å². The summed E-state index contributed by atoms with van der Waals surface area (Å²) < 4.78 is 32.8. The van der Waals surface area contributed by atoms with Crippen molar-refractivity contribution < 1.29 is 23.0 Å². The van der Waals surface area contributed by atoms with E-state index in [1.54, 1.807) is 14.0 Å². The van der Waals surface area contributed by atoms with Crippen LogP contribution in [-0.4, -0.2) is 45.3 Å². The SMILES string of the molecule is CCOC(=O)C(CCOCC(F)F)NC. The maximum absolute atomic E-state index is 11.7. The Morgan fingerprint density at radius 2 is 2.13 bits per heavy atom. The molecule has 0 aliphatic rings. The molecule has 15 heavy (non-hydrogen) atoms. The first-order chi connectivity index (χ1) is 7.11. The first kappa shape index (κ1) is 14.2. The molecule has 0 radical (unpaired) electrons. The van der Waals surface area contributed by atoms with Gasteiger partial charge in [-0.05, 0) is 20.4 Å². The number of rotatable bonds is 8. The Morgan fingerprint density at radius 1 is 1.47 bits per heavy atom. The molecule has 1 atom stereocenters. The summed E-state index contributed by atoms with van der Waals surface area (Å²) in [5, 5.41) is 2.73. The lowest BCUT2D eigenvalue weighted by molar-refractivity contribution is -0.146. The zero-order valence-corrected chi connectivity index (χ0v) is 8.96. The van der Waals surface area contributed by atoms with Crippen LogP contribution >= 0.6 is 0 Å². The fourth-order valence-corrected chi connectivity index (χ4v) is 0.996. The van der Waals surface area contributed by atoms with Crippen LogP contribution in [0.1, 0.15) is 13.3 Å². The van der Waals surface area contributed by atoms with Crippen molar-refractivity contribution in [2.24, 2.45) is 0 Å². The molecule has 0 aromatic rings. The molecule has 0 aliphatic carbocycles. The highest BCUT2D eigenvalue weighted by Gasteiger charge is 2.17. The minimum Gasteiger partial charge on any atom is -0.465 e. The molecule has 0 aliphatic heterocycles. The van der Waals surface area contributed by atoms with Crippen molar-refractivity contribution in [2.75, 3.05) is 26.9 Å². The van der Waals surface area contributed by atoms with E-state index in [0.29, 0.717) is 13.0 Å². The highest BCUT2D eigenvalue weighted by Crippen LogP contribution is 1.98. The van der Waals surface area contributed by atoms with Gasteiger partial charge in [0.15, 0.2) is 0 Å². The fraction of sp³-hybridized carbons (Fsp3) is 0.889. The third kappa shape index (κ3) is 7.21. The summed E-state index contributed by atoms with van der Waals surface area (Å²) in [6.45, 7) is 1.51. The minimum absolute atomic E-state index is 0.106. The molecule has 0 saturated heterocycles. The van der Waals surface area contributed by atoms with Crippen LogP contribution in [0.25, 0.3) is 0 Å². The number of hydrogen-bond acceptors (Lipinski definition) is 4. The first-order valence-electron chi connectivity index (χ1n) is 4.81. The van der Waals surface area contributed by atoms with E-state index in [4.69, 9.17) is 4.74 Å². The van der Waals surface area contributed by atoms with Crippen molar-refractivity contribution in [3.8, 4) is 0 Å². The number of likely N-dealkylation sites (N-methyl/N-ethyl adjacent to an activating group) is 1. The Bertz CT molecular complexity index is 179. The summed E-state index contributed by atoms with van der Waals surface area (Å²) in [4.78, 5) is 11.2. The van der Waals surface area contributed by atoms with Crippen LogP contribution in [0.15, 0.2) is 0 Å². The number of carbonyl (C=O) groups excluding carboxylic acids is 1. The number of esters is 1. The van der Waals surface area contributed by atoms with Crippen molar-refractivity contribution in [2.45, 2.75) is 25.8 Å². The van der Waals surface area contributed by atoms with Crippen LogP contribution in [0.5, 0.6) is 0 Å². The topological polar surface area (TPSA) is 47.6 Å². The van der Waals surface area contributed by atoms with Gasteiger partial charge in [0, 0.05) is 6.61 Å². The van der Waals surface area contributed by atoms with Gasteiger partial charge in [0.25, 0.3) is 6.43 Å². The van der Waals surface area contributed by atoms with E-state index in [1.165, 1.54) is 0 Å². The van der Waals surface area contributed by atoms with Gasteiger partial charge in [-0.15, -0.1) is 0 Å². The largest absolute Gasteiger partial charge is 0.465 e. The van der Waals surface area contributed by atoms with Gasteiger partial charge in [0.05, 0.1) is 6.61 Å². The quantitative estimate of drug-likeness (QED) is 0.490.